The lowest BCUT2D eigenvalue weighted by Gasteiger charge is -2.09. The standard InChI is InChI=1S/C14H20/c1-4-11-8-13-6-10(3)7-14(13)9-12(11)5-2/h8-10H,4-7H2,1-3H3. The third-order valence-corrected chi connectivity index (χ3v) is 3.42. The Balaban J connectivity index is 2.43. The first-order chi connectivity index (χ1) is 6.74. The number of fused-ring (bicyclic) bond motifs is 1. The molecule has 1 aromatic rings. The van der Waals surface area contributed by atoms with Gasteiger partial charge in [0.1, 0.15) is 0 Å². The van der Waals surface area contributed by atoms with Gasteiger partial charge in [0.15, 0.2) is 0 Å². The number of rotatable bonds is 2. The van der Waals surface area contributed by atoms with Gasteiger partial charge in [-0.1, -0.05) is 32.9 Å². The van der Waals surface area contributed by atoms with E-state index in [2.05, 4.69) is 32.9 Å². The summed E-state index contributed by atoms with van der Waals surface area (Å²) < 4.78 is 0. The van der Waals surface area contributed by atoms with Crippen molar-refractivity contribution in [3.8, 4) is 0 Å². The van der Waals surface area contributed by atoms with Crippen molar-refractivity contribution in [1.29, 1.82) is 0 Å². The SMILES string of the molecule is CCc1cc2c(cc1CC)CC(C)C2. The molecular weight excluding hydrogens is 168 g/mol. The fraction of sp³-hybridized carbons (Fsp3) is 0.571. The van der Waals surface area contributed by atoms with Gasteiger partial charge in [-0.3, -0.25) is 0 Å². The molecule has 0 aromatic heterocycles. The molecule has 1 aromatic carbocycles. The van der Waals surface area contributed by atoms with E-state index >= 15 is 0 Å². The maximum atomic E-state index is 2.46. The van der Waals surface area contributed by atoms with Gasteiger partial charge in [0.25, 0.3) is 0 Å². The monoisotopic (exact) mass is 188 g/mol. The fourth-order valence-electron chi connectivity index (χ4n) is 2.65. The minimum Gasteiger partial charge on any atom is -0.0619 e. The Morgan fingerprint density at radius 2 is 1.43 bits per heavy atom. The highest BCUT2D eigenvalue weighted by atomic mass is 14.2. The molecule has 0 fully saturated rings. The molecule has 14 heavy (non-hydrogen) atoms. The Morgan fingerprint density at radius 3 is 1.79 bits per heavy atom. The molecule has 1 aliphatic carbocycles. The Kier molecular flexibility index (Phi) is 2.62. The Morgan fingerprint density at radius 1 is 1.00 bits per heavy atom. The second kappa shape index (κ2) is 3.76. The van der Waals surface area contributed by atoms with Gasteiger partial charge >= 0.3 is 0 Å². The van der Waals surface area contributed by atoms with E-state index in [-0.39, 0.29) is 0 Å². The highest BCUT2D eigenvalue weighted by molar-refractivity contribution is 5.41. The zero-order valence-corrected chi connectivity index (χ0v) is 9.56. The summed E-state index contributed by atoms with van der Waals surface area (Å²) in [5.41, 5.74) is 6.37. The van der Waals surface area contributed by atoms with Crippen LogP contribution in [0.25, 0.3) is 0 Å². The van der Waals surface area contributed by atoms with Crippen molar-refractivity contribution in [2.75, 3.05) is 0 Å². The summed E-state index contributed by atoms with van der Waals surface area (Å²) in [5.74, 6) is 0.863. The Labute approximate surface area is 87.3 Å². The van der Waals surface area contributed by atoms with Crippen LogP contribution in [0.2, 0.25) is 0 Å². The van der Waals surface area contributed by atoms with Gasteiger partial charge in [-0.2, -0.15) is 0 Å². The molecule has 0 saturated carbocycles. The molecule has 0 spiro atoms. The molecule has 0 radical (unpaired) electrons. The van der Waals surface area contributed by atoms with E-state index < -0.39 is 0 Å². The Bertz CT molecular complexity index is 303. The highest BCUT2D eigenvalue weighted by Gasteiger charge is 2.18. The normalized spacial score (nSPS) is 15.9. The van der Waals surface area contributed by atoms with Crippen LogP contribution in [0, 0.1) is 5.92 Å². The van der Waals surface area contributed by atoms with Crippen LogP contribution in [0.15, 0.2) is 12.1 Å². The van der Waals surface area contributed by atoms with E-state index in [1.165, 1.54) is 25.7 Å². The van der Waals surface area contributed by atoms with Gasteiger partial charge in [-0.05, 0) is 53.9 Å². The minimum absolute atomic E-state index is 0.863. The van der Waals surface area contributed by atoms with Crippen LogP contribution in [0.1, 0.15) is 43.0 Å². The van der Waals surface area contributed by atoms with Crippen LogP contribution in [0.5, 0.6) is 0 Å². The van der Waals surface area contributed by atoms with E-state index in [1.54, 1.807) is 22.3 Å². The highest BCUT2D eigenvalue weighted by Crippen LogP contribution is 2.29. The van der Waals surface area contributed by atoms with E-state index in [0.717, 1.165) is 5.92 Å². The van der Waals surface area contributed by atoms with Gasteiger partial charge in [0.05, 0.1) is 0 Å². The molecule has 0 amide bonds. The molecule has 76 valence electrons. The second-order valence-corrected chi connectivity index (χ2v) is 4.61. The first kappa shape index (κ1) is 9.76. The van der Waals surface area contributed by atoms with Crippen molar-refractivity contribution < 1.29 is 0 Å². The van der Waals surface area contributed by atoms with Gasteiger partial charge in [-0.25, -0.2) is 0 Å². The smallest absolute Gasteiger partial charge is 0.0247 e. The molecule has 2 rings (SSSR count). The summed E-state index contributed by atoms with van der Waals surface area (Å²) in [6.07, 6.45) is 4.97. The fourth-order valence-corrected chi connectivity index (χ4v) is 2.65. The predicted molar refractivity (Wildman–Crippen MR) is 61.8 cm³/mol. The van der Waals surface area contributed by atoms with Crippen LogP contribution in [-0.2, 0) is 25.7 Å². The lowest BCUT2D eigenvalue weighted by atomic mass is 9.97. The molecule has 0 bridgehead atoms. The average molecular weight is 188 g/mol. The number of hydrogen-bond donors (Lipinski definition) is 0. The Hall–Kier alpha value is -0.780. The quantitative estimate of drug-likeness (QED) is 0.666. The van der Waals surface area contributed by atoms with E-state index in [9.17, 15) is 0 Å². The molecule has 0 atom stereocenters. The lowest BCUT2D eigenvalue weighted by molar-refractivity contribution is 0.627. The summed E-state index contributed by atoms with van der Waals surface area (Å²) in [5, 5.41) is 0. The zero-order chi connectivity index (χ0) is 10.1. The number of hydrogen-bond acceptors (Lipinski definition) is 0. The van der Waals surface area contributed by atoms with Crippen LogP contribution in [0.4, 0.5) is 0 Å². The second-order valence-electron chi connectivity index (χ2n) is 4.61. The largest absolute Gasteiger partial charge is 0.0619 e. The van der Waals surface area contributed by atoms with Crippen LogP contribution >= 0.6 is 0 Å². The molecule has 0 unspecified atom stereocenters. The van der Waals surface area contributed by atoms with E-state index in [4.69, 9.17) is 0 Å². The molecule has 0 nitrogen and oxygen atoms in total. The molecule has 0 aliphatic heterocycles. The topological polar surface area (TPSA) is 0 Å². The van der Waals surface area contributed by atoms with Gasteiger partial charge in [-0.15, -0.1) is 0 Å². The minimum atomic E-state index is 0.863. The van der Waals surface area contributed by atoms with Gasteiger partial charge < -0.3 is 0 Å². The van der Waals surface area contributed by atoms with Crippen LogP contribution < -0.4 is 0 Å². The molecule has 1 aliphatic rings. The summed E-state index contributed by atoms with van der Waals surface area (Å²) in [6.45, 7) is 6.88. The third-order valence-electron chi connectivity index (χ3n) is 3.42. The van der Waals surface area contributed by atoms with Gasteiger partial charge in [0.2, 0.25) is 0 Å². The first-order valence-corrected chi connectivity index (χ1v) is 5.88. The van der Waals surface area contributed by atoms with Crippen molar-refractivity contribution >= 4 is 0 Å². The summed E-state index contributed by atoms with van der Waals surface area (Å²) in [6, 6.07) is 4.91. The summed E-state index contributed by atoms with van der Waals surface area (Å²) in [7, 11) is 0. The van der Waals surface area contributed by atoms with Crippen molar-refractivity contribution in [2.45, 2.75) is 46.5 Å². The van der Waals surface area contributed by atoms with Crippen LogP contribution in [-0.4, -0.2) is 0 Å². The molecule has 0 N–H and O–H groups in total. The average Bonchev–Trinajstić information content (AvgIpc) is 2.54. The predicted octanol–water partition coefficient (Wildman–Crippen LogP) is 3.55. The summed E-state index contributed by atoms with van der Waals surface area (Å²) in [4.78, 5) is 0. The maximum Gasteiger partial charge on any atom is -0.0247 e. The van der Waals surface area contributed by atoms with Crippen molar-refractivity contribution in [3.63, 3.8) is 0 Å². The zero-order valence-electron chi connectivity index (χ0n) is 9.56. The van der Waals surface area contributed by atoms with Gasteiger partial charge in [0, 0.05) is 0 Å². The first-order valence-electron chi connectivity index (χ1n) is 5.88. The van der Waals surface area contributed by atoms with Crippen molar-refractivity contribution in [1.82, 2.24) is 0 Å². The molecular formula is C14H20. The molecule has 0 heteroatoms. The number of aryl methyl sites for hydroxylation is 2. The van der Waals surface area contributed by atoms with Crippen LogP contribution in [0.3, 0.4) is 0 Å². The van der Waals surface area contributed by atoms with E-state index in [1.807, 2.05) is 0 Å². The van der Waals surface area contributed by atoms with Crippen molar-refractivity contribution in [3.05, 3.63) is 34.4 Å². The maximum absolute atomic E-state index is 2.46. The van der Waals surface area contributed by atoms with E-state index in [0.29, 0.717) is 0 Å². The number of benzene rings is 1. The lowest BCUT2D eigenvalue weighted by Crippen LogP contribution is -1.94. The summed E-state index contributed by atoms with van der Waals surface area (Å²) >= 11 is 0. The third kappa shape index (κ3) is 1.58. The van der Waals surface area contributed by atoms with Crippen molar-refractivity contribution in [2.24, 2.45) is 5.92 Å². The molecule has 0 saturated heterocycles. The molecule has 0 heterocycles.